The van der Waals surface area contributed by atoms with Crippen LogP contribution < -0.4 is 10.6 Å². The number of hydrogen-bond donors (Lipinski definition) is 2. The van der Waals surface area contributed by atoms with Crippen molar-refractivity contribution in [1.82, 2.24) is 29.7 Å². The van der Waals surface area contributed by atoms with E-state index in [1.807, 2.05) is 19.2 Å². The number of aromatic nitrogens is 3. The average Bonchev–Trinajstić information content (AvgIpc) is 3.13. The molecule has 30 heavy (non-hydrogen) atoms. The molecule has 9 nitrogen and oxygen atoms in total. The van der Waals surface area contributed by atoms with Crippen LogP contribution in [0, 0.1) is 5.92 Å². The Hall–Kier alpha value is -1.73. The number of sulfonamides is 1. The Morgan fingerprint density at radius 1 is 1.23 bits per heavy atom. The summed E-state index contributed by atoms with van der Waals surface area (Å²) < 4.78 is 29.0. The minimum Gasteiger partial charge on any atom is -0.352 e. The van der Waals surface area contributed by atoms with Crippen molar-refractivity contribution in [3.8, 4) is 0 Å². The zero-order valence-electron chi connectivity index (χ0n) is 17.6. The first-order valence-electron chi connectivity index (χ1n) is 9.76. The molecule has 1 saturated heterocycles. The summed E-state index contributed by atoms with van der Waals surface area (Å²) in [4.78, 5) is 8.70. The number of guanidine groups is 1. The highest BCUT2D eigenvalue weighted by Gasteiger charge is 2.28. The highest BCUT2D eigenvalue weighted by molar-refractivity contribution is 14.0. The number of nitrogens with zero attached hydrogens (tertiary/aromatic N) is 5. The van der Waals surface area contributed by atoms with Gasteiger partial charge in [0.1, 0.15) is 12.2 Å². The average molecular weight is 547 g/mol. The SMILES string of the molecule is CN=C(NCc1ccc(S(=O)(=O)N2CCCC(C)C2)cc1)NCc1ncnn1C.I. The molecule has 0 amide bonds. The van der Waals surface area contributed by atoms with Gasteiger partial charge in [-0.2, -0.15) is 9.40 Å². The second kappa shape index (κ2) is 11.0. The Balaban J connectivity index is 0.00000320. The van der Waals surface area contributed by atoms with Crippen molar-refractivity contribution < 1.29 is 8.42 Å². The number of aryl methyl sites for hydroxylation is 1. The van der Waals surface area contributed by atoms with Gasteiger partial charge in [0, 0.05) is 33.7 Å². The molecule has 0 saturated carbocycles. The van der Waals surface area contributed by atoms with Crippen LogP contribution in [0.15, 0.2) is 40.5 Å². The third kappa shape index (κ3) is 6.14. The maximum Gasteiger partial charge on any atom is 0.243 e. The standard InChI is InChI=1S/C19H29N7O2S.HI/c1-15-5-4-10-26(13-15)29(27,28)17-8-6-16(7-9-17)11-21-19(20-2)22-12-18-23-14-24-25(18)3;/h6-9,14-15H,4-5,10-13H2,1-3H3,(H2,20,21,22);1H. The molecule has 166 valence electrons. The van der Waals surface area contributed by atoms with Crippen LogP contribution in [0.3, 0.4) is 0 Å². The highest BCUT2D eigenvalue weighted by atomic mass is 127. The van der Waals surface area contributed by atoms with Crippen molar-refractivity contribution >= 4 is 40.0 Å². The summed E-state index contributed by atoms with van der Waals surface area (Å²) in [6.07, 6.45) is 3.51. The number of aliphatic imine (C=N–C) groups is 1. The first-order chi connectivity index (χ1) is 13.9. The normalized spacial score (nSPS) is 18.0. The predicted molar refractivity (Wildman–Crippen MR) is 127 cm³/mol. The van der Waals surface area contributed by atoms with Gasteiger partial charge in [0.05, 0.1) is 11.4 Å². The van der Waals surface area contributed by atoms with Crippen LogP contribution in [0.2, 0.25) is 0 Å². The topological polar surface area (TPSA) is 105 Å². The van der Waals surface area contributed by atoms with E-state index in [2.05, 4.69) is 32.6 Å². The summed E-state index contributed by atoms with van der Waals surface area (Å²) in [5, 5.41) is 10.4. The molecule has 1 fully saturated rings. The molecule has 2 heterocycles. The lowest BCUT2D eigenvalue weighted by atomic mass is 10.0. The molecule has 1 atom stereocenters. The van der Waals surface area contributed by atoms with Crippen molar-refractivity contribution in [3.63, 3.8) is 0 Å². The molecule has 11 heteroatoms. The quantitative estimate of drug-likeness (QED) is 0.324. The summed E-state index contributed by atoms with van der Waals surface area (Å²) in [6, 6.07) is 7.04. The van der Waals surface area contributed by atoms with Crippen LogP contribution in [0.4, 0.5) is 0 Å². The van der Waals surface area contributed by atoms with Crippen LogP contribution in [0.25, 0.3) is 0 Å². The van der Waals surface area contributed by atoms with E-state index < -0.39 is 10.0 Å². The van der Waals surface area contributed by atoms with E-state index in [1.54, 1.807) is 28.2 Å². The van der Waals surface area contributed by atoms with E-state index in [1.165, 1.54) is 6.33 Å². The van der Waals surface area contributed by atoms with Gasteiger partial charge in [-0.15, -0.1) is 24.0 Å². The van der Waals surface area contributed by atoms with Gasteiger partial charge in [-0.1, -0.05) is 19.1 Å². The second-order valence-corrected chi connectivity index (χ2v) is 9.27. The molecular formula is C19H30IN7O2S. The zero-order valence-corrected chi connectivity index (χ0v) is 20.7. The maximum atomic E-state index is 12.8. The summed E-state index contributed by atoms with van der Waals surface area (Å²) in [5.41, 5.74) is 0.970. The molecule has 1 aliphatic heterocycles. The van der Waals surface area contributed by atoms with Crippen molar-refractivity contribution in [1.29, 1.82) is 0 Å². The molecule has 1 aromatic heterocycles. The fourth-order valence-electron chi connectivity index (χ4n) is 3.34. The number of hydrogen-bond acceptors (Lipinski definition) is 5. The summed E-state index contributed by atoms with van der Waals surface area (Å²) in [6.45, 7) is 4.32. The summed E-state index contributed by atoms with van der Waals surface area (Å²) in [5.74, 6) is 1.84. The largest absolute Gasteiger partial charge is 0.352 e. The molecule has 1 aliphatic rings. The van der Waals surface area contributed by atoms with Gasteiger partial charge >= 0.3 is 0 Å². The molecular weight excluding hydrogens is 517 g/mol. The highest BCUT2D eigenvalue weighted by Crippen LogP contribution is 2.23. The van der Waals surface area contributed by atoms with E-state index in [-0.39, 0.29) is 24.0 Å². The van der Waals surface area contributed by atoms with Gasteiger partial charge in [0.15, 0.2) is 5.96 Å². The van der Waals surface area contributed by atoms with Crippen molar-refractivity contribution in [2.75, 3.05) is 20.1 Å². The van der Waals surface area contributed by atoms with Crippen molar-refractivity contribution in [2.24, 2.45) is 18.0 Å². The number of piperidine rings is 1. The molecule has 1 unspecified atom stereocenters. The molecule has 0 spiro atoms. The predicted octanol–water partition coefficient (Wildman–Crippen LogP) is 1.72. The Morgan fingerprint density at radius 3 is 2.53 bits per heavy atom. The van der Waals surface area contributed by atoms with E-state index >= 15 is 0 Å². The Morgan fingerprint density at radius 2 is 1.93 bits per heavy atom. The monoisotopic (exact) mass is 547 g/mol. The molecule has 3 rings (SSSR count). The smallest absolute Gasteiger partial charge is 0.243 e. The fourth-order valence-corrected chi connectivity index (χ4v) is 4.94. The number of halogens is 1. The lowest BCUT2D eigenvalue weighted by molar-refractivity contribution is 0.281. The van der Waals surface area contributed by atoms with Crippen molar-refractivity contribution in [2.45, 2.75) is 37.8 Å². The third-order valence-corrected chi connectivity index (χ3v) is 6.96. The third-order valence-electron chi connectivity index (χ3n) is 5.08. The van der Waals surface area contributed by atoms with Gasteiger partial charge in [-0.3, -0.25) is 9.67 Å². The molecule has 0 aliphatic carbocycles. The van der Waals surface area contributed by atoms with E-state index in [0.29, 0.717) is 43.0 Å². The number of nitrogens with one attached hydrogen (secondary N) is 2. The van der Waals surface area contributed by atoms with E-state index in [4.69, 9.17) is 0 Å². The Bertz CT molecular complexity index is 944. The zero-order chi connectivity index (χ0) is 20.9. The van der Waals surface area contributed by atoms with Crippen LogP contribution in [-0.2, 0) is 30.2 Å². The van der Waals surface area contributed by atoms with E-state index in [9.17, 15) is 8.42 Å². The minimum atomic E-state index is -3.42. The molecule has 0 bridgehead atoms. The van der Waals surface area contributed by atoms with Crippen molar-refractivity contribution in [3.05, 3.63) is 42.0 Å². The van der Waals surface area contributed by atoms with Gasteiger partial charge in [0.2, 0.25) is 10.0 Å². The van der Waals surface area contributed by atoms with E-state index in [0.717, 1.165) is 24.2 Å². The first kappa shape index (κ1) is 24.5. The summed E-state index contributed by atoms with van der Waals surface area (Å²) >= 11 is 0. The van der Waals surface area contributed by atoms with Crippen LogP contribution in [0.5, 0.6) is 0 Å². The molecule has 2 N–H and O–H groups in total. The lowest BCUT2D eigenvalue weighted by Gasteiger charge is -2.30. The molecule has 0 radical (unpaired) electrons. The molecule has 2 aromatic rings. The Kier molecular flexibility index (Phi) is 9.04. The second-order valence-electron chi connectivity index (χ2n) is 7.33. The van der Waals surface area contributed by atoms with Crippen LogP contribution >= 0.6 is 24.0 Å². The maximum absolute atomic E-state index is 12.8. The first-order valence-corrected chi connectivity index (χ1v) is 11.2. The van der Waals surface area contributed by atoms with Gasteiger partial charge in [0.25, 0.3) is 0 Å². The fraction of sp³-hybridized carbons (Fsp3) is 0.526. The van der Waals surface area contributed by atoms with Gasteiger partial charge in [-0.05, 0) is 36.5 Å². The van der Waals surface area contributed by atoms with Gasteiger partial charge in [-0.25, -0.2) is 13.4 Å². The summed E-state index contributed by atoms with van der Waals surface area (Å²) in [7, 11) is 0.106. The van der Waals surface area contributed by atoms with Crippen LogP contribution in [-0.4, -0.2) is 53.6 Å². The lowest BCUT2D eigenvalue weighted by Crippen LogP contribution is -2.39. The molecule has 1 aromatic carbocycles. The minimum absolute atomic E-state index is 0. The number of benzene rings is 1. The Labute approximate surface area is 195 Å². The number of rotatable bonds is 6. The van der Waals surface area contributed by atoms with Gasteiger partial charge < -0.3 is 10.6 Å². The van der Waals surface area contributed by atoms with Crippen LogP contribution in [0.1, 0.15) is 31.2 Å².